The van der Waals surface area contributed by atoms with Crippen molar-refractivity contribution in [3.8, 4) is 67.5 Å². The van der Waals surface area contributed by atoms with Gasteiger partial charge in [-0.15, -0.1) is 0 Å². The lowest BCUT2D eigenvalue weighted by molar-refractivity contribution is 0.446. The van der Waals surface area contributed by atoms with Gasteiger partial charge in [-0.05, 0) is 146 Å². The van der Waals surface area contributed by atoms with Crippen molar-refractivity contribution in [2.75, 3.05) is 0 Å². The summed E-state index contributed by atoms with van der Waals surface area (Å²) in [6.45, 7) is 19.4. The highest BCUT2D eigenvalue weighted by Gasteiger charge is 2.29. The second-order valence-electron chi connectivity index (χ2n) is 20.8. The molecule has 4 nitrogen and oxygen atoms in total. The third-order valence-electron chi connectivity index (χ3n) is 12.2. The van der Waals surface area contributed by atoms with Crippen LogP contribution >= 0.6 is 0 Å². The number of imidazole rings is 1. The molecular weight excluding hydrogens is 803 g/mol. The molecule has 6 aromatic carbocycles. The lowest BCUT2D eigenvalue weighted by Crippen LogP contribution is -2.17. The molecule has 338 valence electrons. The van der Waals surface area contributed by atoms with Crippen molar-refractivity contribution in [3.63, 3.8) is 0 Å². The first-order valence-corrected chi connectivity index (χ1v) is 22.4. The topological polar surface area (TPSA) is 50.9 Å². The molecule has 0 aliphatic rings. The average Bonchev–Trinajstić information content (AvgIpc) is 3.85. The number of benzene rings is 6. The zero-order valence-corrected chi connectivity index (χ0v) is 40.4. The molecule has 0 atom stereocenters. The van der Waals surface area contributed by atoms with Gasteiger partial charge in [-0.1, -0.05) is 168 Å². The number of fused-ring (bicyclic) bond motifs is 1. The van der Waals surface area contributed by atoms with Crippen LogP contribution in [0.4, 0.5) is 0 Å². The molecule has 0 radical (unpaired) electrons. The summed E-state index contributed by atoms with van der Waals surface area (Å²) in [5.41, 5.74) is 3.90. The van der Waals surface area contributed by atoms with E-state index in [1.807, 2.05) is 102 Å². The summed E-state index contributed by atoms with van der Waals surface area (Å²) in [5, 5.41) is 12.6. The van der Waals surface area contributed by atoms with E-state index in [1.54, 1.807) is 56.5 Å². The first kappa shape index (κ1) is 30.9. The number of phenolic OH excluding ortho intramolecular Hbond substituents is 1. The number of pyridine rings is 1. The van der Waals surface area contributed by atoms with E-state index in [0.717, 1.165) is 11.1 Å². The summed E-state index contributed by atoms with van der Waals surface area (Å²) in [4.78, 5) is 9.87. The van der Waals surface area contributed by atoms with Crippen LogP contribution in [0.2, 0.25) is 0 Å². The Morgan fingerprint density at radius 1 is 0.621 bits per heavy atom. The number of nitrogens with zero attached hydrogens (tertiary/aromatic N) is 3. The van der Waals surface area contributed by atoms with Crippen LogP contribution in [0.15, 0.2) is 127 Å². The zero-order valence-electron chi connectivity index (χ0n) is 55.4. The largest absolute Gasteiger partial charge is 0.507 e. The predicted molar refractivity (Wildman–Crippen MR) is 281 cm³/mol. The van der Waals surface area contributed by atoms with Crippen molar-refractivity contribution in [2.45, 2.75) is 132 Å². The van der Waals surface area contributed by atoms with Crippen molar-refractivity contribution < 1.29 is 25.7 Å². The van der Waals surface area contributed by atoms with E-state index in [0.29, 0.717) is 61.1 Å². The number of phenols is 1. The van der Waals surface area contributed by atoms with E-state index in [1.165, 1.54) is 0 Å². The summed E-state index contributed by atoms with van der Waals surface area (Å²) < 4.78 is 134. The van der Waals surface area contributed by atoms with E-state index >= 15 is 0 Å². The van der Waals surface area contributed by atoms with E-state index in [4.69, 9.17) is 17.3 Å². The standard InChI is InChI=1S/C62H69N3O/c1-37(2)48-18-16-19-49(38(3)4)56(48)43-26-27-54(40(6)30-43)65-55-21-17-20-50(57(55)64-59(65)51-35-47(61(10,11)12)36-52(58(51)66)62(13,14)15)44-31-45(33-46(32-44)60(7,8)9)53-34-42(28-29-63-53)41-24-22-39(5)23-25-41/h16-38,66H,1-15H3/i5D3,6D3,22D,23D,24D,25D,28D,29D,34D,37D,38D. The van der Waals surface area contributed by atoms with Gasteiger partial charge in [0.15, 0.2) is 0 Å². The smallest absolute Gasteiger partial charge is 0.149 e. The maximum Gasteiger partial charge on any atom is 0.149 e. The fourth-order valence-electron chi connectivity index (χ4n) is 8.52. The number of hydrogen-bond donors (Lipinski definition) is 1. The highest BCUT2D eigenvalue weighted by molar-refractivity contribution is 5.97. The van der Waals surface area contributed by atoms with Gasteiger partial charge in [0.1, 0.15) is 11.6 Å². The van der Waals surface area contributed by atoms with Gasteiger partial charge in [0.05, 0.1) is 37.6 Å². The SMILES string of the molecule is [2H]c1nc(-c2cc(-c3cccc4c3nc(-c3cc(C(C)(C)C)cc(C(C)(C)C)c3O)n4-c3ccc(-c4c(C([2H])(C)C)cccc4C([2H])(C)C)cc3C([2H])([2H])[2H])cc(C(C)(C)C)c2)c([2H])c(-c2c([2H])c([2H])c(C([2H])([2H])[2H])c([2H])c2[2H])c1[2H]. The summed E-state index contributed by atoms with van der Waals surface area (Å²) in [5.74, 6) is -2.09. The molecular formula is C62H69N3O. The lowest BCUT2D eigenvalue weighted by atomic mass is 9.79. The molecule has 0 saturated heterocycles. The normalized spacial score (nSPS) is 16.5. The summed E-state index contributed by atoms with van der Waals surface area (Å²) in [6.07, 6.45) is -0.629. The minimum absolute atomic E-state index is 0.0460. The second-order valence-corrected chi connectivity index (χ2v) is 20.8. The number of para-hydroxylation sites is 1. The van der Waals surface area contributed by atoms with Gasteiger partial charge in [-0.3, -0.25) is 9.55 Å². The molecule has 2 heterocycles. The van der Waals surface area contributed by atoms with E-state index in [-0.39, 0.29) is 28.5 Å². The van der Waals surface area contributed by atoms with Crippen LogP contribution < -0.4 is 0 Å². The second kappa shape index (κ2) is 17.2. The van der Waals surface area contributed by atoms with E-state index < -0.39 is 101 Å². The highest BCUT2D eigenvalue weighted by atomic mass is 16.3. The number of hydrogen-bond acceptors (Lipinski definition) is 3. The van der Waals surface area contributed by atoms with Gasteiger partial charge in [-0.2, -0.15) is 0 Å². The van der Waals surface area contributed by atoms with Crippen molar-refractivity contribution in [1.29, 1.82) is 0 Å². The molecule has 0 spiro atoms. The molecule has 0 aliphatic heterocycles. The van der Waals surface area contributed by atoms with Crippen LogP contribution in [0, 0.1) is 13.7 Å². The Kier molecular flexibility index (Phi) is 8.03. The van der Waals surface area contributed by atoms with Crippen LogP contribution in [-0.2, 0) is 16.2 Å². The van der Waals surface area contributed by atoms with Crippen molar-refractivity contribution >= 4 is 11.0 Å². The predicted octanol–water partition coefficient (Wildman–Crippen LogP) is 17.2. The number of aromatic hydroxyl groups is 1. The third-order valence-corrected chi connectivity index (χ3v) is 12.2. The number of aryl methyl sites for hydroxylation is 1. The number of aromatic nitrogens is 3. The van der Waals surface area contributed by atoms with Gasteiger partial charge in [0.2, 0.25) is 0 Å². The average molecular weight is 887 g/mol. The third kappa shape index (κ3) is 8.87. The van der Waals surface area contributed by atoms with Gasteiger partial charge in [0.25, 0.3) is 0 Å². The van der Waals surface area contributed by atoms with Gasteiger partial charge in [0, 0.05) is 33.8 Å². The molecule has 8 rings (SSSR count). The lowest BCUT2D eigenvalue weighted by Gasteiger charge is -2.27. The summed E-state index contributed by atoms with van der Waals surface area (Å²) in [7, 11) is 0. The molecule has 0 unspecified atom stereocenters. The fourth-order valence-corrected chi connectivity index (χ4v) is 8.52. The molecule has 66 heavy (non-hydrogen) atoms. The molecule has 0 bridgehead atoms. The zero-order chi connectivity index (χ0) is 60.6. The summed E-state index contributed by atoms with van der Waals surface area (Å²) in [6, 6.07) is 21.1. The van der Waals surface area contributed by atoms with Crippen LogP contribution in [0.25, 0.3) is 72.7 Å². The van der Waals surface area contributed by atoms with Gasteiger partial charge in [-0.25, -0.2) is 4.98 Å². The summed E-state index contributed by atoms with van der Waals surface area (Å²) >= 11 is 0. The molecule has 0 fully saturated rings. The van der Waals surface area contributed by atoms with Crippen molar-refractivity contribution in [2.24, 2.45) is 0 Å². The fraction of sp³-hybridized carbons (Fsp3) is 0.323. The molecule has 4 heteroatoms. The molecule has 1 N–H and O–H groups in total. The maximum atomic E-state index is 12.6. The first-order valence-electron chi connectivity index (χ1n) is 29.9. The van der Waals surface area contributed by atoms with Crippen molar-refractivity contribution in [3.05, 3.63) is 166 Å². The Morgan fingerprint density at radius 2 is 1.27 bits per heavy atom. The quantitative estimate of drug-likeness (QED) is 0.165. The van der Waals surface area contributed by atoms with Crippen LogP contribution in [0.1, 0.15) is 161 Å². The Morgan fingerprint density at radius 3 is 1.89 bits per heavy atom. The Hall–Kier alpha value is -6.26. The van der Waals surface area contributed by atoms with Crippen LogP contribution in [0.5, 0.6) is 5.75 Å². The minimum atomic E-state index is -3.01. The van der Waals surface area contributed by atoms with Crippen molar-refractivity contribution in [1.82, 2.24) is 14.5 Å². The van der Waals surface area contributed by atoms with Crippen LogP contribution in [0.3, 0.4) is 0 Å². The Balaban J connectivity index is 1.50. The first-order chi connectivity index (χ1) is 37.0. The van der Waals surface area contributed by atoms with Gasteiger partial charge >= 0.3 is 0 Å². The number of rotatable bonds is 8. The molecule has 2 aromatic heterocycles. The molecule has 0 aliphatic carbocycles. The highest BCUT2D eigenvalue weighted by Crippen LogP contribution is 2.46. The maximum absolute atomic E-state index is 12.6. The molecule has 0 saturated carbocycles. The van der Waals surface area contributed by atoms with Gasteiger partial charge < -0.3 is 5.11 Å². The monoisotopic (exact) mass is 887 g/mol. The Labute approximate surface area is 415 Å². The molecule has 0 amide bonds. The van der Waals surface area contributed by atoms with E-state index in [9.17, 15) is 13.3 Å². The minimum Gasteiger partial charge on any atom is -0.507 e. The molecule has 8 aromatic rings. The van der Waals surface area contributed by atoms with Crippen LogP contribution in [-0.4, -0.2) is 19.6 Å². The van der Waals surface area contributed by atoms with E-state index in [2.05, 4.69) is 25.8 Å². The Bertz CT molecular complexity index is 3790.